The SMILES string of the molecule is O=C(C1=NN(c2ccc(Br)cc2)C(=O)CC1)N1CCN(C2c3ccccc3-c3ccccc32)CC1. The molecule has 0 radical (unpaired) electrons. The Kier molecular flexibility index (Phi) is 5.74. The third kappa shape index (κ3) is 3.98. The van der Waals surface area contributed by atoms with Gasteiger partial charge in [-0.3, -0.25) is 14.5 Å². The van der Waals surface area contributed by atoms with Gasteiger partial charge in [0.05, 0.1) is 11.7 Å². The minimum atomic E-state index is -0.0905. The Morgan fingerprint density at radius 1 is 0.800 bits per heavy atom. The zero-order chi connectivity index (χ0) is 23.9. The lowest BCUT2D eigenvalue weighted by atomic mass is 10.0. The van der Waals surface area contributed by atoms with E-state index >= 15 is 0 Å². The maximum absolute atomic E-state index is 13.3. The van der Waals surface area contributed by atoms with Crippen molar-refractivity contribution in [2.24, 2.45) is 5.10 Å². The number of halogens is 1. The van der Waals surface area contributed by atoms with Crippen molar-refractivity contribution in [3.05, 3.63) is 88.4 Å². The first-order valence-electron chi connectivity index (χ1n) is 12.0. The Bertz CT molecular complexity index is 1280. The molecule has 3 aromatic carbocycles. The standard InChI is InChI=1S/C28H25BrN4O2/c29-19-9-11-20(12-10-19)33-26(34)14-13-25(30-33)28(35)32-17-15-31(16-18-32)27-23-7-3-1-5-21(23)22-6-2-4-8-24(22)27/h1-12,27H,13-18H2. The fraction of sp³-hybridized carbons (Fsp3) is 0.250. The maximum atomic E-state index is 13.3. The van der Waals surface area contributed by atoms with Crippen molar-refractivity contribution < 1.29 is 9.59 Å². The van der Waals surface area contributed by atoms with Crippen LogP contribution in [0.4, 0.5) is 5.69 Å². The second kappa shape index (κ2) is 9.06. The van der Waals surface area contributed by atoms with Gasteiger partial charge in [-0.25, -0.2) is 5.01 Å². The molecule has 0 saturated carbocycles. The fourth-order valence-electron chi connectivity index (χ4n) is 5.38. The smallest absolute Gasteiger partial charge is 0.270 e. The van der Waals surface area contributed by atoms with E-state index in [4.69, 9.17) is 0 Å². The molecular formula is C28H25BrN4O2. The molecule has 1 fully saturated rings. The van der Waals surface area contributed by atoms with Crippen molar-refractivity contribution in [2.75, 3.05) is 31.2 Å². The molecule has 35 heavy (non-hydrogen) atoms. The second-order valence-corrected chi connectivity index (χ2v) is 10.0. The minimum absolute atomic E-state index is 0.0634. The van der Waals surface area contributed by atoms with Gasteiger partial charge in [-0.15, -0.1) is 0 Å². The molecular weight excluding hydrogens is 504 g/mol. The van der Waals surface area contributed by atoms with Crippen molar-refractivity contribution in [3.63, 3.8) is 0 Å². The summed E-state index contributed by atoms with van der Waals surface area (Å²) in [6.07, 6.45) is 0.671. The highest BCUT2D eigenvalue weighted by Gasteiger charge is 2.36. The zero-order valence-corrected chi connectivity index (χ0v) is 20.8. The lowest BCUT2D eigenvalue weighted by Gasteiger charge is -2.39. The number of hydrogen-bond acceptors (Lipinski definition) is 4. The number of rotatable bonds is 3. The molecule has 3 aromatic rings. The second-order valence-electron chi connectivity index (χ2n) is 9.13. The van der Waals surface area contributed by atoms with Crippen molar-refractivity contribution in [2.45, 2.75) is 18.9 Å². The van der Waals surface area contributed by atoms with Crippen LogP contribution in [-0.2, 0) is 9.59 Å². The van der Waals surface area contributed by atoms with Gasteiger partial charge in [0.15, 0.2) is 0 Å². The molecule has 0 aromatic heterocycles. The Hall–Kier alpha value is -3.29. The van der Waals surface area contributed by atoms with E-state index in [1.807, 2.05) is 29.2 Å². The predicted octanol–water partition coefficient (Wildman–Crippen LogP) is 4.85. The molecule has 1 aliphatic carbocycles. The normalized spacial score (nSPS) is 18.3. The van der Waals surface area contributed by atoms with Gasteiger partial charge >= 0.3 is 0 Å². The van der Waals surface area contributed by atoms with Crippen LogP contribution in [0.15, 0.2) is 82.4 Å². The zero-order valence-electron chi connectivity index (χ0n) is 19.2. The molecule has 6 nitrogen and oxygen atoms in total. The number of hydrogen-bond donors (Lipinski definition) is 0. The summed E-state index contributed by atoms with van der Waals surface area (Å²) in [5.41, 5.74) is 6.42. The minimum Gasteiger partial charge on any atom is -0.335 e. The van der Waals surface area contributed by atoms with Crippen LogP contribution in [0.3, 0.4) is 0 Å². The number of carbonyl (C=O) groups excluding carboxylic acids is 2. The van der Waals surface area contributed by atoms with E-state index in [2.05, 4.69) is 74.5 Å². The molecule has 0 bridgehead atoms. The summed E-state index contributed by atoms with van der Waals surface area (Å²) >= 11 is 3.41. The van der Waals surface area contributed by atoms with E-state index in [1.54, 1.807) is 0 Å². The van der Waals surface area contributed by atoms with Crippen LogP contribution in [0, 0.1) is 0 Å². The molecule has 176 valence electrons. The summed E-state index contributed by atoms with van der Waals surface area (Å²) in [5, 5.41) is 5.84. The van der Waals surface area contributed by atoms with Gasteiger partial charge in [-0.05, 0) is 46.5 Å². The van der Waals surface area contributed by atoms with Crippen LogP contribution in [-0.4, -0.2) is 53.5 Å². The number of carbonyl (C=O) groups is 2. The summed E-state index contributed by atoms with van der Waals surface area (Å²) in [5.74, 6) is -0.154. The lowest BCUT2D eigenvalue weighted by Crippen LogP contribution is -2.52. The lowest BCUT2D eigenvalue weighted by molar-refractivity contribution is -0.126. The van der Waals surface area contributed by atoms with E-state index in [-0.39, 0.29) is 24.3 Å². The molecule has 0 N–H and O–H groups in total. The molecule has 2 heterocycles. The number of benzene rings is 3. The first-order chi connectivity index (χ1) is 17.1. The van der Waals surface area contributed by atoms with Gasteiger partial charge in [-0.1, -0.05) is 64.5 Å². The van der Waals surface area contributed by atoms with Crippen molar-refractivity contribution in [1.29, 1.82) is 0 Å². The Morgan fingerprint density at radius 3 is 2.03 bits per heavy atom. The highest BCUT2D eigenvalue weighted by molar-refractivity contribution is 9.10. The average molecular weight is 529 g/mol. The largest absolute Gasteiger partial charge is 0.335 e. The number of nitrogens with zero attached hydrogens (tertiary/aromatic N) is 4. The summed E-state index contributed by atoms with van der Waals surface area (Å²) in [6.45, 7) is 2.87. The van der Waals surface area contributed by atoms with Gasteiger partial charge in [-0.2, -0.15) is 5.10 Å². The Labute approximate surface area is 213 Å². The summed E-state index contributed by atoms with van der Waals surface area (Å²) in [7, 11) is 0. The first-order valence-corrected chi connectivity index (χ1v) is 12.8. The van der Waals surface area contributed by atoms with Gasteiger partial charge in [0.2, 0.25) is 5.91 Å². The summed E-state index contributed by atoms with van der Waals surface area (Å²) < 4.78 is 0.927. The van der Waals surface area contributed by atoms with Crippen LogP contribution in [0.1, 0.15) is 30.0 Å². The monoisotopic (exact) mass is 528 g/mol. The summed E-state index contributed by atoms with van der Waals surface area (Å²) in [4.78, 5) is 30.2. The predicted molar refractivity (Wildman–Crippen MR) is 140 cm³/mol. The van der Waals surface area contributed by atoms with Crippen molar-refractivity contribution in [3.8, 4) is 11.1 Å². The van der Waals surface area contributed by atoms with Gasteiger partial charge in [0, 0.05) is 43.5 Å². The molecule has 6 rings (SSSR count). The van der Waals surface area contributed by atoms with Crippen LogP contribution < -0.4 is 5.01 Å². The van der Waals surface area contributed by atoms with E-state index in [9.17, 15) is 9.59 Å². The van der Waals surface area contributed by atoms with E-state index in [0.29, 0.717) is 30.9 Å². The quantitative estimate of drug-likeness (QED) is 0.488. The Balaban J connectivity index is 1.18. The van der Waals surface area contributed by atoms with Gasteiger partial charge in [0.25, 0.3) is 5.91 Å². The Morgan fingerprint density at radius 2 is 1.40 bits per heavy atom. The molecule has 2 amide bonds. The number of piperazine rings is 1. The van der Waals surface area contributed by atoms with Crippen molar-refractivity contribution >= 4 is 39.1 Å². The molecule has 7 heteroatoms. The van der Waals surface area contributed by atoms with E-state index in [1.165, 1.54) is 27.3 Å². The maximum Gasteiger partial charge on any atom is 0.270 e. The van der Waals surface area contributed by atoms with Crippen LogP contribution in [0.2, 0.25) is 0 Å². The topological polar surface area (TPSA) is 56.2 Å². The first kappa shape index (κ1) is 22.2. The molecule has 1 saturated heterocycles. The van der Waals surface area contributed by atoms with Crippen LogP contribution in [0.5, 0.6) is 0 Å². The van der Waals surface area contributed by atoms with Crippen LogP contribution in [0.25, 0.3) is 11.1 Å². The fourth-order valence-corrected chi connectivity index (χ4v) is 5.64. The van der Waals surface area contributed by atoms with Gasteiger partial charge < -0.3 is 4.90 Å². The third-order valence-corrected chi connectivity index (χ3v) is 7.65. The van der Waals surface area contributed by atoms with Crippen molar-refractivity contribution in [1.82, 2.24) is 9.80 Å². The number of fused-ring (bicyclic) bond motifs is 3. The van der Waals surface area contributed by atoms with E-state index < -0.39 is 0 Å². The molecule has 0 atom stereocenters. The highest BCUT2D eigenvalue weighted by atomic mass is 79.9. The molecule has 2 aliphatic heterocycles. The summed E-state index contributed by atoms with van der Waals surface area (Å²) in [6, 6.07) is 24.9. The van der Waals surface area contributed by atoms with Crippen LogP contribution >= 0.6 is 15.9 Å². The molecule has 0 spiro atoms. The molecule has 3 aliphatic rings. The highest BCUT2D eigenvalue weighted by Crippen LogP contribution is 2.46. The van der Waals surface area contributed by atoms with Gasteiger partial charge in [0.1, 0.15) is 5.71 Å². The third-order valence-electron chi connectivity index (χ3n) is 7.12. The number of hydrazone groups is 1. The molecule has 0 unspecified atom stereocenters. The average Bonchev–Trinajstić information content (AvgIpc) is 3.24. The number of anilines is 1. The number of amides is 2. The van der Waals surface area contributed by atoms with E-state index in [0.717, 1.165) is 17.6 Å².